The van der Waals surface area contributed by atoms with Crippen molar-refractivity contribution in [3.8, 4) is 0 Å². The number of carbonyl (C=O) groups is 2. The molecule has 25 heavy (non-hydrogen) atoms. The summed E-state index contributed by atoms with van der Waals surface area (Å²) in [5.74, 6) is -0.870. The average Bonchev–Trinajstić information content (AvgIpc) is 2.62. The second-order valence-corrected chi connectivity index (χ2v) is 7.36. The van der Waals surface area contributed by atoms with E-state index >= 15 is 0 Å². The van der Waals surface area contributed by atoms with Crippen molar-refractivity contribution in [1.82, 2.24) is 15.1 Å². The number of hydrogen-bond donors (Lipinski definition) is 1. The van der Waals surface area contributed by atoms with Crippen molar-refractivity contribution in [2.24, 2.45) is 5.92 Å². The zero-order valence-corrected chi connectivity index (χ0v) is 15.6. The minimum absolute atomic E-state index is 0.0116. The molecule has 6 heteroatoms. The first-order valence-corrected chi connectivity index (χ1v) is 9.68. The number of allylic oxidation sites excluding steroid dienone is 1. The molecule has 2 rings (SSSR count). The van der Waals surface area contributed by atoms with Crippen LogP contribution in [0.5, 0.6) is 0 Å². The molecule has 0 aromatic carbocycles. The minimum atomic E-state index is -0.602. The van der Waals surface area contributed by atoms with Gasteiger partial charge in [0.05, 0.1) is 6.54 Å². The number of nitrogens with one attached hydrogen (secondary N) is 1. The topological polar surface area (TPSA) is 52.7 Å². The lowest BCUT2D eigenvalue weighted by Gasteiger charge is -2.34. The Kier molecular flexibility index (Phi) is 7.88. The van der Waals surface area contributed by atoms with Crippen LogP contribution < -0.4 is 5.32 Å². The quantitative estimate of drug-likeness (QED) is 0.747. The highest BCUT2D eigenvalue weighted by Gasteiger charge is 2.25. The van der Waals surface area contributed by atoms with Gasteiger partial charge in [0.2, 0.25) is 5.91 Å². The maximum atomic E-state index is 14.2. The lowest BCUT2D eigenvalue weighted by atomic mass is 9.89. The van der Waals surface area contributed by atoms with E-state index in [1.165, 1.54) is 12.5 Å². The van der Waals surface area contributed by atoms with E-state index in [0.29, 0.717) is 32.7 Å². The van der Waals surface area contributed by atoms with Crippen LogP contribution in [0.25, 0.3) is 0 Å². The van der Waals surface area contributed by atoms with Gasteiger partial charge >= 0.3 is 0 Å². The second-order valence-electron chi connectivity index (χ2n) is 7.36. The number of piperazine rings is 1. The van der Waals surface area contributed by atoms with Gasteiger partial charge in [-0.2, -0.15) is 0 Å². The fraction of sp³-hybridized carbons (Fsp3) is 0.789. The molecule has 0 spiro atoms. The predicted octanol–water partition coefficient (Wildman–Crippen LogP) is 2.48. The molecule has 1 aliphatic heterocycles. The second kappa shape index (κ2) is 9.90. The third-order valence-electron chi connectivity index (χ3n) is 5.28. The van der Waals surface area contributed by atoms with Crippen LogP contribution >= 0.6 is 0 Å². The summed E-state index contributed by atoms with van der Waals surface area (Å²) in [6.07, 6.45) is 7.88. The van der Waals surface area contributed by atoms with Gasteiger partial charge in [0, 0.05) is 32.2 Å². The van der Waals surface area contributed by atoms with Gasteiger partial charge in [0.15, 0.2) is 5.83 Å². The fourth-order valence-electron chi connectivity index (χ4n) is 3.46. The van der Waals surface area contributed by atoms with Crippen LogP contribution in [0.4, 0.5) is 4.39 Å². The summed E-state index contributed by atoms with van der Waals surface area (Å²) in [6.45, 7) is 6.52. The van der Waals surface area contributed by atoms with Crippen LogP contribution in [0.3, 0.4) is 0 Å². The zero-order chi connectivity index (χ0) is 18.2. The molecule has 1 atom stereocenters. The van der Waals surface area contributed by atoms with Crippen LogP contribution in [-0.2, 0) is 9.59 Å². The number of carbonyl (C=O) groups excluding carboxylic acids is 2. The summed E-state index contributed by atoms with van der Waals surface area (Å²) < 4.78 is 14.2. The Bertz CT molecular complexity index is 481. The molecule has 5 nitrogen and oxygen atoms in total. The zero-order valence-electron chi connectivity index (χ0n) is 15.6. The van der Waals surface area contributed by atoms with Gasteiger partial charge in [-0.25, -0.2) is 4.39 Å². The van der Waals surface area contributed by atoms with Gasteiger partial charge in [0.1, 0.15) is 0 Å². The summed E-state index contributed by atoms with van der Waals surface area (Å²) in [6, 6.07) is 0.175. The molecule has 0 radical (unpaired) electrons. The van der Waals surface area contributed by atoms with E-state index in [4.69, 9.17) is 0 Å². The summed E-state index contributed by atoms with van der Waals surface area (Å²) >= 11 is 0. The highest BCUT2D eigenvalue weighted by Crippen LogP contribution is 2.26. The van der Waals surface area contributed by atoms with E-state index in [-0.39, 0.29) is 17.9 Å². The Morgan fingerprint density at radius 1 is 1.16 bits per heavy atom. The van der Waals surface area contributed by atoms with Crippen molar-refractivity contribution in [2.45, 2.75) is 58.4 Å². The van der Waals surface area contributed by atoms with E-state index in [0.717, 1.165) is 32.1 Å². The number of amides is 2. The smallest absolute Gasteiger partial charge is 0.282 e. The minimum Gasteiger partial charge on any atom is -0.353 e. The Hall–Kier alpha value is -1.43. The molecule has 2 aliphatic rings. The molecular weight excluding hydrogens is 321 g/mol. The van der Waals surface area contributed by atoms with Crippen LogP contribution in [0.2, 0.25) is 0 Å². The molecule has 1 saturated heterocycles. The van der Waals surface area contributed by atoms with Crippen LogP contribution in [0, 0.1) is 5.92 Å². The normalized spacial score (nSPS) is 21.9. The monoisotopic (exact) mass is 353 g/mol. The molecule has 2 fully saturated rings. The molecule has 2 amide bonds. The summed E-state index contributed by atoms with van der Waals surface area (Å²) in [7, 11) is 0. The predicted molar refractivity (Wildman–Crippen MR) is 96.7 cm³/mol. The number of nitrogens with zero attached hydrogens (tertiary/aromatic N) is 2. The van der Waals surface area contributed by atoms with Crippen LogP contribution in [-0.4, -0.2) is 60.4 Å². The standard InChI is InChI=1S/C19H32FN3O2/c1-3-15(2)21-18(24)14-22-9-11-23(12-10-22)19(25)17(20)13-16-7-5-4-6-8-16/h13,15-16H,3-12,14H2,1-2H3,(H,21,24)/b17-13-/t15-/m0/s1. The van der Waals surface area contributed by atoms with Crippen molar-refractivity contribution in [3.05, 3.63) is 11.9 Å². The average molecular weight is 353 g/mol. The highest BCUT2D eigenvalue weighted by molar-refractivity contribution is 5.91. The highest BCUT2D eigenvalue weighted by atomic mass is 19.1. The SMILES string of the molecule is CC[C@H](C)NC(=O)CN1CCN(C(=O)/C(F)=C/C2CCCCC2)CC1. The van der Waals surface area contributed by atoms with Gasteiger partial charge < -0.3 is 10.2 Å². The van der Waals surface area contributed by atoms with Crippen LogP contribution in [0.15, 0.2) is 11.9 Å². The molecule has 0 aromatic rings. The van der Waals surface area contributed by atoms with E-state index in [2.05, 4.69) is 5.32 Å². The third kappa shape index (κ3) is 6.42. The van der Waals surface area contributed by atoms with Crippen molar-refractivity contribution in [1.29, 1.82) is 0 Å². The van der Waals surface area contributed by atoms with E-state index in [9.17, 15) is 14.0 Å². The third-order valence-corrected chi connectivity index (χ3v) is 5.28. The van der Waals surface area contributed by atoms with Gasteiger partial charge in [-0.05, 0) is 38.2 Å². The van der Waals surface area contributed by atoms with E-state index in [1.807, 2.05) is 18.7 Å². The van der Waals surface area contributed by atoms with Crippen molar-refractivity contribution < 1.29 is 14.0 Å². The molecule has 1 N–H and O–H groups in total. The summed E-state index contributed by atoms with van der Waals surface area (Å²) in [5, 5.41) is 2.94. The number of hydrogen-bond acceptors (Lipinski definition) is 3. The molecule has 1 aliphatic carbocycles. The van der Waals surface area contributed by atoms with Crippen molar-refractivity contribution in [3.63, 3.8) is 0 Å². The summed E-state index contributed by atoms with van der Waals surface area (Å²) in [5.41, 5.74) is 0. The fourth-order valence-corrected chi connectivity index (χ4v) is 3.46. The molecule has 0 unspecified atom stereocenters. The molecule has 0 aromatic heterocycles. The molecule has 0 bridgehead atoms. The van der Waals surface area contributed by atoms with Gasteiger partial charge in [-0.3, -0.25) is 14.5 Å². The first kappa shape index (κ1) is 19.9. The van der Waals surface area contributed by atoms with Crippen molar-refractivity contribution in [2.75, 3.05) is 32.7 Å². The maximum absolute atomic E-state index is 14.2. The first-order valence-electron chi connectivity index (χ1n) is 9.68. The van der Waals surface area contributed by atoms with Gasteiger partial charge in [-0.1, -0.05) is 26.2 Å². The van der Waals surface area contributed by atoms with Crippen molar-refractivity contribution >= 4 is 11.8 Å². The van der Waals surface area contributed by atoms with E-state index in [1.54, 1.807) is 4.90 Å². The summed E-state index contributed by atoms with van der Waals surface area (Å²) in [4.78, 5) is 27.8. The van der Waals surface area contributed by atoms with Gasteiger partial charge in [0.25, 0.3) is 5.91 Å². The largest absolute Gasteiger partial charge is 0.353 e. The lowest BCUT2D eigenvalue weighted by molar-refractivity contribution is -0.131. The Labute approximate surface area is 150 Å². The molecule has 142 valence electrons. The number of halogens is 1. The number of rotatable bonds is 6. The Morgan fingerprint density at radius 2 is 1.80 bits per heavy atom. The Balaban J connectivity index is 1.76. The molecule has 1 saturated carbocycles. The first-order chi connectivity index (χ1) is 12.0. The lowest BCUT2D eigenvalue weighted by Crippen LogP contribution is -2.51. The van der Waals surface area contributed by atoms with Gasteiger partial charge in [-0.15, -0.1) is 0 Å². The molecule has 1 heterocycles. The molecular formula is C19H32FN3O2. The van der Waals surface area contributed by atoms with E-state index < -0.39 is 11.7 Å². The maximum Gasteiger partial charge on any atom is 0.282 e. The Morgan fingerprint density at radius 3 is 2.40 bits per heavy atom. The van der Waals surface area contributed by atoms with Crippen LogP contribution in [0.1, 0.15) is 52.4 Å².